The van der Waals surface area contributed by atoms with Crippen LogP contribution < -0.4 is 10.5 Å². The van der Waals surface area contributed by atoms with Crippen molar-refractivity contribution in [3.8, 4) is 5.75 Å². The van der Waals surface area contributed by atoms with Gasteiger partial charge in [0.2, 0.25) is 0 Å². The van der Waals surface area contributed by atoms with Crippen LogP contribution in [0.3, 0.4) is 0 Å². The van der Waals surface area contributed by atoms with Crippen molar-refractivity contribution < 1.29 is 13.9 Å². The Morgan fingerprint density at radius 1 is 1.38 bits per heavy atom. The van der Waals surface area contributed by atoms with E-state index in [0.29, 0.717) is 24.5 Å². The molecule has 16 heavy (non-hydrogen) atoms. The number of halogens is 1. The Bertz CT molecular complexity index is 329. The SMILES string of the molecule is COCCCOc1ccc([C@H](C)N)c(F)c1. The molecule has 0 heterocycles. The van der Waals surface area contributed by atoms with Crippen LogP contribution in [0.4, 0.5) is 4.39 Å². The summed E-state index contributed by atoms with van der Waals surface area (Å²) in [4.78, 5) is 0. The summed E-state index contributed by atoms with van der Waals surface area (Å²) in [6.07, 6.45) is 0.785. The molecule has 1 aromatic carbocycles. The molecule has 90 valence electrons. The van der Waals surface area contributed by atoms with Gasteiger partial charge in [-0.25, -0.2) is 4.39 Å². The van der Waals surface area contributed by atoms with Crippen molar-refractivity contribution in [2.75, 3.05) is 20.3 Å². The van der Waals surface area contributed by atoms with E-state index in [4.69, 9.17) is 15.2 Å². The van der Waals surface area contributed by atoms with Gasteiger partial charge in [-0.05, 0) is 13.0 Å². The molecule has 0 aliphatic rings. The van der Waals surface area contributed by atoms with Crippen LogP contribution in [0.25, 0.3) is 0 Å². The van der Waals surface area contributed by atoms with Gasteiger partial charge in [-0.15, -0.1) is 0 Å². The summed E-state index contributed by atoms with van der Waals surface area (Å²) in [6, 6.07) is 4.45. The number of methoxy groups -OCH3 is 1. The van der Waals surface area contributed by atoms with Crippen molar-refractivity contribution in [2.45, 2.75) is 19.4 Å². The van der Waals surface area contributed by atoms with Crippen molar-refractivity contribution >= 4 is 0 Å². The maximum Gasteiger partial charge on any atom is 0.131 e. The predicted molar refractivity (Wildman–Crippen MR) is 61.0 cm³/mol. The number of rotatable bonds is 6. The molecule has 0 radical (unpaired) electrons. The second-order valence-corrected chi connectivity index (χ2v) is 3.67. The number of ether oxygens (including phenoxy) is 2. The lowest BCUT2D eigenvalue weighted by Gasteiger charge is -2.10. The summed E-state index contributed by atoms with van der Waals surface area (Å²) in [7, 11) is 1.64. The first kappa shape index (κ1) is 12.9. The normalized spacial score (nSPS) is 12.5. The molecule has 0 unspecified atom stereocenters. The number of nitrogens with two attached hydrogens (primary N) is 1. The highest BCUT2D eigenvalue weighted by Gasteiger charge is 2.07. The first-order valence-corrected chi connectivity index (χ1v) is 5.32. The molecule has 0 saturated carbocycles. The average molecular weight is 227 g/mol. The van der Waals surface area contributed by atoms with Gasteiger partial charge in [0, 0.05) is 37.8 Å². The lowest BCUT2D eigenvalue weighted by atomic mass is 10.1. The van der Waals surface area contributed by atoms with E-state index in [1.165, 1.54) is 6.07 Å². The van der Waals surface area contributed by atoms with Crippen molar-refractivity contribution in [1.29, 1.82) is 0 Å². The average Bonchev–Trinajstić information content (AvgIpc) is 2.24. The second kappa shape index (κ2) is 6.45. The van der Waals surface area contributed by atoms with Crippen molar-refractivity contribution in [2.24, 2.45) is 5.73 Å². The zero-order valence-corrected chi connectivity index (χ0v) is 9.70. The minimum atomic E-state index is -0.320. The molecule has 1 atom stereocenters. The van der Waals surface area contributed by atoms with E-state index in [2.05, 4.69) is 0 Å². The van der Waals surface area contributed by atoms with Gasteiger partial charge in [0.25, 0.3) is 0 Å². The highest BCUT2D eigenvalue weighted by atomic mass is 19.1. The molecule has 0 amide bonds. The molecule has 4 heteroatoms. The molecular formula is C12H18FNO2. The number of hydrogen-bond acceptors (Lipinski definition) is 3. The van der Waals surface area contributed by atoms with Crippen LogP contribution in [0, 0.1) is 5.82 Å². The van der Waals surface area contributed by atoms with Crippen LogP contribution in [-0.4, -0.2) is 20.3 Å². The molecule has 0 bridgehead atoms. The molecule has 0 saturated heterocycles. The monoisotopic (exact) mass is 227 g/mol. The summed E-state index contributed by atoms with van der Waals surface area (Å²) in [6.45, 7) is 2.91. The van der Waals surface area contributed by atoms with Crippen LogP contribution >= 0.6 is 0 Å². The lowest BCUT2D eigenvalue weighted by molar-refractivity contribution is 0.172. The van der Waals surface area contributed by atoms with Gasteiger partial charge in [-0.2, -0.15) is 0 Å². The molecule has 2 N–H and O–H groups in total. The number of hydrogen-bond donors (Lipinski definition) is 1. The van der Waals surface area contributed by atoms with Crippen LogP contribution in [0.1, 0.15) is 24.9 Å². The molecule has 1 rings (SSSR count). The fourth-order valence-electron chi connectivity index (χ4n) is 1.36. The van der Waals surface area contributed by atoms with Gasteiger partial charge in [-0.3, -0.25) is 0 Å². The maximum atomic E-state index is 13.5. The number of benzene rings is 1. The van der Waals surface area contributed by atoms with E-state index < -0.39 is 0 Å². The molecule has 3 nitrogen and oxygen atoms in total. The summed E-state index contributed by atoms with van der Waals surface area (Å²) >= 11 is 0. The highest BCUT2D eigenvalue weighted by molar-refractivity contribution is 5.30. The summed E-state index contributed by atoms with van der Waals surface area (Å²) in [5.74, 6) is 0.206. The summed E-state index contributed by atoms with van der Waals surface area (Å²) < 4.78 is 23.7. The van der Waals surface area contributed by atoms with E-state index in [1.54, 1.807) is 26.2 Å². The smallest absolute Gasteiger partial charge is 0.131 e. The van der Waals surface area contributed by atoms with Crippen LogP contribution in [-0.2, 0) is 4.74 Å². The van der Waals surface area contributed by atoms with E-state index in [0.717, 1.165) is 6.42 Å². The summed E-state index contributed by atoms with van der Waals surface area (Å²) in [5, 5.41) is 0. The third-order valence-electron chi connectivity index (χ3n) is 2.22. The Hall–Kier alpha value is -1.13. The van der Waals surface area contributed by atoms with E-state index >= 15 is 0 Å². The van der Waals surface area contributed by atoms with Gasteiger partial charge in [-0.1, -0.05) is 6.07 Å². The fourth-order valence-corrected chi connectivity index (χ4v) is 1.36. The van der Waals surface area contributed by atoms with Gasteiger partial charge < -0.3 is 15.2 Å². The third kappa shape index (κ3) is 3.79. The zero-order valence-electron chi connectivity index (χ0n) is 9.70. The van der Waals surface area contributed by atoms with Crippen LogP contribution in [0.2, 0.25) is 0 Å². The molecule has 0 fully saturated rings. The van der Waals surface area contributed by atoms with Crippen LogP contribution in [0.15, 0.2) is 18.2 Å². The minimum absolute atomic E-state index is 0.303. The topological polar surface area (TPSA) is 44.5 Å². The maximum absolute atomic E-state index is 13.5. The van der Waals surface area contributed by atoms with Crippen molar-refractivity contribution in [3.63, 3.8) is 0 Å². The molecular weight excluding hydrogens is 209 g/mol. The third-order valence-corrected chi connectivity index (χ3v) is 2.22. The second-order valence-electron chi connectivity index (χ2n) is 3.67. The first-order valence-electron chi connectivity index (χ1n) is 5.32. The lowest BCUT2D eigenvalue weighted by Crippen LogP contribution is -2.08. The Balaban J connectivity index is 2.53. The Morgan fingerprint density at radius 3 is 2.69 bits per heavy atom. The molecule has 0 aliphatic carbocycles. The standard InChI is InChI=1S/C12H18FNO2/c1-9(14)11-5-4-10(8-12(11)13)16-7-3-6-15-2/h4-5,8-9H,3,6-7,14H2,1-2H3/t9-/m0/s1. The van der Waals surface area contributed by atoms with Gasteiger partial charge in [0.15, 0.2) is 0 Å². The van der Waals surface area contributed by atoms with Crippen molar-refractivity contribution in [1.82, 2.24) is 0 Å². The van der Waals surface area contributed by atoms with Gasteiger partial charge in [0.1, 0.15) is 11.6 Å². The highest BCUT2D eigenvalue weighted by Crippen LogP contribution is 2.20. The van der Waals surface area contributed by atoms with E-state index in [9.17, 15) is 4.39 Å². The van der Waals surface area contributed by atoms with Gasteiger partial charge in [0.05, 0.1) is 6.61 Å². The quantitative estimate of drug-likeness (QED) is 0.758. The Morgan fingerprint density at radius 2 is 2.12 bits per heavy atom. The molecule has 1 aromatic rings. The molecule has 0 aliphatic heterocycles. The predicted octanol–water partition coefficient (Wildman–Crippen LogP) is 2.26. The van der Waals surface area contributed by atoms with Gasteiger partial charge >= 0.3 is 0 Å². The minimum Gasteiger partial charge on any atom is -0.493 e. The largest absolute Gasteiger partial charge is 0.493 e. The van der Waals surface area contributed by atoms with Crippen LogP contribution in [0.5, 0.6) is 5.75 Å². The Kier molecular flexibility index (Phi) is 5.22. The Labute approximate surface area is 95.4 Å². The summed E-state index contributed by atoms with van der Waals surface area (Å²) in [5.41, 5.74) is 6.11. The van der Waals surface area contributed by atoms with E-state index in [-0.39, 0.29) is 11.9 Å². The van der Waals surface area contributed by atoms with E-state index in [1.807, 2.05) is 0 Å². The molecule has 0 spiro atoms. The zero-order chi connectivity index (χ0) is 12.0. The van der Waals surface area contributed by atoms with Crippen molar-refractivity contribution in [3.05, 3.63) is 29.6 Å². The fraction of sp³-hybridized carbons (Fsp3) is 0.500. The first-order chi connectivity index (χ1) is 7.65. The molecule has 0 aromatic heterocycles.